The minimum atomic E-state index is -0.402. The van der Waals surface area contributed by atoms with Crippen LogP contribution in [-0.2, 0) is 0 Å². The maximum Gasteiger partial charge on any atom is 0.295 e. The zero-order valence-electron chi connectivity index (χ0n) is 16.5. The number of hydrogen-bond donors (Lipinski definition) is 1. The molecule has 0 saturated heterocycles. The fourth-order valence-corrected chi connectivity index (χ4v) is 3.25. The Morgan fingerprint density at radius 2 is 1.80 bits per heavy atom. The summed E-state index contributed by atoms with van der Waals surface area (Å²) in [6.45, 7) is 1.96. The van der Waals surface area contributed by atoms with Gasteiger partial charge in [-0.25, -0.2) is 9.67 Å². The fraction of sp³-hybridized carbons (Fsp3) is 0.0870. The number of halogens is 1. The van der Waals surface area contributed by atoms with E-state index in [0.29, 0.717) is 22.2 Å². The average Bonchev–Trinajstić information content (AvgIpc) is 3.19. The van der Waals surface area contributed by atoms with Gasteiger partial charge in [0.2, 0.25) is 5.82 Å². The molecule has 4 aromatic rings. The van der Waals surface area contributed by atoms with Crippen LogP contribution < -0.4 is 10.1 Å². The minimum Gasteiger partial charge on any atom is -0.497 e. The van der Waals surface area contributed by atoms with Gasteiger partial charge in [0.1, 0.15) is 5.75 Å². The van der Waals surface area contributed by atoms with Crippen molar-refractivity contribution < 1.29 is 9.53 Å². The summed E-state index contributed by atoms with van der Waals surface area (Å²) < 4.78 is 6.81. The van der Waals surface area contributed by atoms with Gasteiger partial charge in [-0.15, -0.1) is 5.10 Å². The highest BCUT2D eigenvalue weighted by Crippen LogP contribution is 2.27. The van der Waals surface area contributed by atoms with Crippen LogP contribution in [0.3, 0.4) is 0 Å². The lowest BCUT2D eigenvalue weighted by Crippen LogP contribution is -2.14. The summed E-state index contributed by atoms with van der Waals surface area (Å²) >= 11 is 6.39. The van der Waals surface area contributed by atoms with E-state index < -0.39 is 5.91 Å². The van der Waals surface area contributed by atoms with Crippen molar-refractivity contribution in [1.29, 1.82) is 0 Å². The highest BCUT2D eigenvalue weighted by Gasteiger charge is 2.20. The molecule has 0 aliphatic rings. The van der Waals surface area contributed by atoms with Crippen LogP contribution in [0.4, 0.5) is 5.69 Å². The van der Waals surface area contributed by atoms with Gasteiger partial charge in [0.15, 0.2) is 5.82 Å². The predicted molar refractivity (Wildman–Crippen MR) is 117 cm³/mol. The van der Waals surface area contributed by atoms with Gasteiger partial charge >= 0.3 is 0 Å². The van der Waals surface area contributed by atoms with Crippen molar-refractivity contribution in [3.63, 3.8) is 0 Å². The minimum absolute atomic E-state index is 0.0437. The summed E-state index contributed by atoms with van der Waals surface area (Å²) in [7, 11) is 1.61. The normalized spacial score (nSPS) is 10.6. The van der Waals surface area contributed by atoms with Crippen molar-refractivity contribution in [2.24, 2.45) is 0 Å². The van der Waals surface area contributed by atoms with Gasteiger partial charge in [-0.2, -0.15) is 0 Å². The number of para-hydroxylation sites is 1. The topological polar surface area (TPSA) is 69.0 Å². The Balaban J connectivity index is 1.77. The molecule has 7 heteroatoms. The second-order valence-corrected chi connectivity index (χ2v) is 7.08. The first-order valence-corrected chi connectivity index (χ1v) is 9.67. The van der Waals surface area contributed by atoms with Crippen LogP contribution in [0.25, 0.3) is 17.1 Å². The Hall–Kier alpha value is -3.64. The Kier molecular flexibility index (Phi) is 5.50. The molecule has 0 fully saturated rings. The number of ether oxygens (including phenoxy) is 1. The van der Waals surface area contributed by atoms with Crippen LogP contribution in [0.1, 0.15) is 16.2 Å². The lowest BCUT2D eigenvalue weighted by atomic mass is 10.2. The molecule has 0 aliphatic heterocycles. The first-order valence-electron chi connectivity index (χ1n) is 9.29. The van der Waals surface area contributed by atoms with Gasteiger partial charge in [0, 0.05) is 11.3 Å². The number of amides is 1. The van der Waals surface area contributed by atoms with Crippen LogP contribution in [0.2, 0.25) is 5.02 Å². The molecule has 1 aromatic heterocycles. The van der Waals surface area contributed by atoms with E-state index in [1.54, 1.807) is 17.9 Å². The third-order valence-corrected chi connectivity index (χ3v) is 4.83. The Bertz CT molecular complexity index is 1200. The summed E-state index contributed by atoms with van der Waals surface area (Å²) in [6, 6.07) is 22.2. The standard InChI is InChI=1S/C23H19ClN4O2/c1-15-6-5-7-17(14-15)25-23(29)21-26-22(16-10-12-18(30-2)13-11-16)28(27-21)20-9-4-3-8-19(20)24/h3-14H,1-2H3,(H,25,29). The van der Waals surface area contributed by atoms with Crippen molar-refractivity contribution in [1.82, 2.24) is 14.8 Å². The number of carbonyl (C=O) groups excluding carboxylic acids is 1. The van der Waals surface area contributed by atoms with Crippen molar-refractivity contribution in [3.05, 3.63) is 89.2 Å². The van der Waals surface area contributed by atoms with E-state index >= 15 is 0 Å². The molecule has 30 heavy (non-hydrogen) atoms. The Labute approximate surface area is 179 Å². The highest BCUT2D eigenvalue weighted by atomic mass is 35.5. The first-order chi connectivity index (χ1) is 14.5. The second-order valence-electron chi connectivity index (χ2n) is 6.67. The van der Waals surface area contributed by atoms with Crippen LogP contribution in [-0.4, -0.2) is 27.8 Å². The van der Waals surface area contributed by atoms with Gasteiger partial charge in [-0.05, 0) is 61.0 Å². The van der Waals surface area contributed by atoms with Crippen LogP contribution in [0.15, 0.2) is 72.8 Å². The van der Waals surface area contributed by atoms with Gasteiger partial charge in [0.25, 0.3) is 5.91 Å². The number of aromatic nitrogens is 3. The smallest absolute Gasteiger partial charge is 0.295 e. The number of nitrogens with one attached hydrogen (secondary N) is 1. The number of methoxy groups -OCH3 is 1. The van der Waals surface area contributed by atoms with E-state index in [2.05, 4.69) is 15.4 Å². The number of carbonyl (C=O) groups is 1. The molecule has 0 spiro atoms. The number of aryl methyl sites for hydroxylation is 1. The summed E-state index contributed by atoms with van der Waals surface area (Å²) in [5.74, 6) is 0.864. The van der Waals surface area contributed by atoms with E-state index in [9.17, 15) is 4.79 Å². The lowest BCUT2D eigenvalue weighted by molar-refractivity contribution is 0.101. The fourth-order valence-electron chi connectivity index (χ4n) is 3.04. The van der Waals surface area contributed by atoms with Crippen molar-refractivity contribution in [2.75, 3.05) is 12.4 Å². The third-order valence-electron chi connectivity index (χ3n) is 4.52. The number of anilines is 1. The lowest BCUT2D eigenvalue weighted by Gasteiger charge is -2.08. The molecular formula is C23H19ClN4O2. The number of hydrogen-bond acceptors (Lipinski definition) is 4. The van der Waals surface area contributed by atoms with E-state index in [1.807, 2.05) is 73.7 Å². The molecule has 1 heterocycles. The maximum atomic E-state index is 12.8. The highest BCUT2D eigenvalue weighted by molar-refractivity contribution is 6.32. The SMILES string of the molecule is COc1ccc(-c2nc(C(=O)Nc3cccc(C)c3)nn2-c2ccccc2Cl)cc1. The van der Waals surface area contributed by atoms with E-state index in [1.165, 1.54) is 0 Å². The van der Waals surface area contributed by atoms with Crippen LogP contribution >= 0.6 is 11.6 Å². The van der Waals surface area contributed by atoms with E-state index in [0.717, 1.165) is 16.9 Å². The predicted octanol–water partition coefficient (Wildman–Crippen LogP) is 5.16. The molecule has 3 aromatic carbocycles. The number of rotatable bonds is 5. The molecular weight excluding hydrogens is 400 g/mol. The van der Waals surface area contributed by atoms with Crippen molar-refractivity contribution >= 4 is 23.2 Å². The van der Waals surface area contributed by atoms with E-state index in [4.69, 9.17) is 16.3 Å². The quantitative estimate of drug-likeness (QED) is 0.486. The molecule has 0 radical (unpaired) electrons. The molecule has 0 bridgehead atoms. The van der Waals surface area contributed by atoms with Gasteiger partial charge < -0.3 is 10.1 Å². The summed E-state index contributed by atoms with van der Waals surface area (Å²) in [4.78, 5) is 17.3. The summed E-state index contributed by atoms with van der Waals surface area (Å²) in [6.07, 6.45) is 0. The molecule has 1 amide bonds. The van der Waals surface area contributed by atoms with Gasteiger partial charge in [-0.3, -0.25) is 4.79 Å². The zero-order chi connectivity index (χ0) is 21.1. The molecule has 0 saturated carbocycles. The largest absolute Gasteiger partial charge is 0.497 e. The molecule has 150 valence electrons. The molecule has 0 atom stereocenters. The van der Waals surface area contributed by atoms with Crippen LogP contribution in [0.5, 0.6) is 5.75 Å². The molecule has 4 rings (SSSR count). The Morgan fingerprint density at radius 3 is 2.50 bits per heavy atom. The summed E-state index contributed by atoms with van der Waals surface area (Å²) in [5.41, 5.74) is 3.13. The van der Waals surface area contributed by atoms with Crippen molar-refractivity contribution in [3.8, 4) is 22.8 Å². The average molecular weight is 419 g/mol. The molecule has 0 aliphatic carbocycles. The second kappa shape index (κ2) is 8.39. The number of benzene rings is 3. The monoisotopic (exact) mass is 418 g/mol. The van der Waals surface area contributed by atoms with Gasteiger partial charge in [0.05, 0.1) is 17.8 Å². The van der Waals surface area contributed by atoms with Crippen molar-refractivity contribution in [2.45, 2.75) is 6.92 Å². The maximum absolute atomic E-state index is 12.8. The Morgan fingerprint density at radius 1 is 1.03 bits per heavy atom. The first kappa shape index (κ1) is 19.7. The van der Waals surface area contributed by atoms with E-state index in [-0.39, 0.29) is 5.82 Å². The molecule has 6 nitrogen and oxygen atoms in total. The van der Waals surface area contributed by atoms with Crippen LogP contribution in [0, 0.1) is 6.92 Å². The zero-order valence-corrected chi connectivity index (χ0v) is 17.2. The molecule has 1 N–H and O–H groups in total. The summed E-state index contributed by atoms with van der Waals surface area (Å²) in [5, 5.41) is 7.80. The molecule has 0 unspecified atom stereocenters. The third kappa shape index (κ3) is 4.04. The van der Waals surface area contributed by atoms with Gasteiger partial charge in [-0.1, -0.05) is 35.9 Å². The number of nitrogens with zero attached hydrogens (tertiary/aromatic N) is 3.